The Morgan fingerprint density at radius 3 is 2.56 bits per heavy atom. The Morgan fingerprint density at radius 1 is 1.09 bits per heavy atom. The van der Waals surface area contributed by atoms with Gasteiger partial charge in [0.1, 0.15) is 5.75 Å². The van der Waals surface area contributed by atoms with Gasteiger partial charge in [0.05, 0.1) is 26.3 Å². The fourth-order valence-corrected chi connectivity index (χ4v) is 4.97. The number of nitrogens with one attached hydrogen (secondary N) is 1. The van der Waals surface area contributed by atoms with Gasteiger partial charge in [0, 0.05) is 0 Å². The number of hydrogen-bond donors (Lipinski definition) is 1. The van der Waals surface area contributed by atoms with Crippen molar-refractivity contribution in [2.45, 2.75) is 6.92 Å². The predicted octanol–water partition coefficient (Wildman–Crippen LogP) is 6.73. The third-order valence-corrected chi connectivity index (χ3v) is 6.84. The number of carbonyl (C=O) groups is 2. The number of anilines is 2. The first-order valence-electron chi connectivity index (χ1n) is 10.1. The molecule has 4 rings (SSSR count). The van der Waals surface area contributed by atoms with Crippen molar-refractivity contribution in [3.8, 4) is 5.75 Å². The summed E-state index contributed by atoms with van der Waals surface area (Å²) in [6.07, 6.45) is 1.73. The van der Waals surface area contributed by atoms with Crippen LogP contribution in [-0.2, 0) is 9.59 Å². The Labute approximate surface area is 216 Å². The molecule has 172 valence electrons. The SMILES string of the molecule is Cc1ccccc1N1C(=O)/C(=C/c2ccc(OCC(=O)Nc3ccccc3Cl)c(Cl)c2)SC1=S. The van der Waals surface area contributed by atoms with Gasteiger partial charge in [-0.15, -0.1) is 0 Å². The second-order valence-corrected chi connectivity index (χ2v) is 9.80. The summed E-state index contributed by atoms with van der Waals surface area (Å²) in [5.41, 5.74) is 2.94. The lowest BCUT2D eigenvalue weighted by molar-refractivity contribution is -0.118. The zero-order chi connectivity index (χ0) is 24.2. The number of ether oxygens (including phenoxy) is 1. The maximum absolute atomic E-state index is 13.0. The summed E-state index contributed by atoms with van der Waals surface area (Å²) < 4.78 is 6.03. The highest BCUT2D eigenvalue weighted by Gasteiger charge is 2.33. The molecule has 0 atom stereocenters. The Hall–Kier alpha value is -2.84. The van der Waals surface area contributed by atoms with E-state index in [0.29, 0.717) is 36.3 Å². The van der Waals surface area contributed by atoms with Crippen molar-refractivity contribution in [3.63, 3.8) is 0 Å². The van der Waals surface area contributed by atoms with E-state index < -0.39 is 0 Å². The minimum absolute atomic E-state index is 0.183. The highest BCUT2D eigenvalue weighted by atomic mass is 35.5. The Kier molecular flexibility index (Phi) is 7.58. The summed E-state index contributed by atoms with van der Waals surface area (Å²) in [6.45, 7) is 1.70. The molecular weight excluding hydrogens is 511 g/mol. The molecule has 9 heteroatoms. The second kappa shape index (κ2) is 10.6. The fraction of sp³-hybridized carbons (Fsp3) is 0.0800. The monoisotopic (exact) mass is 528 g/mol. The molecule has 3 aromatic rings. The van der Waals surface area contributed by atoms with E-state index in [1.54, 1.807) is 48.5 Å². The molecule has 0 unspecified atom stereocenters. The van der Waals surface area contributed by atoms with E-state index in [1.165, 1.54) is 16.7 Å². The minimum atomic E-state index is -0.367. The van der Waals surface area contributed by atoms with Gasteiger partial charge in [-0.3, -0.25) is 14.5 Å². The third kappa shape index (κ3) is 5.45. The summed E-state index contributed by atoms with van der Waals surface area (Å²) in [7, 11) is 0. The van der Waals surface area contributed by atoms with Crippen LogP contribution in [0.5, 0.6) is 5.75 Å². The van der Waals surface area contributed by atoms with Crippen LogP contribution in [0, 0.1) is 6.92 Å². The Balaban J connectivity index is 1.43. The first-order chi connectivity index (χ1) is 16.3. The van der Waals surface area contributed by atoms with Gasteiger partial charge < -0.3 is 10.1 Å². The zero-order valence-electron chi connectivity index (χ0n) is 17.9. The highest BCUT2D eigenvalue weighted by molar-refractivity contribution is 8.27. The highest BCUT2D eigenvalue weighted by Crippen LogP contribution is 2.38. The number of rotatable bonds is 6. The van der Waals surface area contributed by atoms with Crippen LogP contribution in [0.25, 0.3) is 6.08 Å². The molecule has 1 heterocycles. The smallest absolute Gasteiger partial charge is 0.270 e. The molecule has 0 radical (unpaired) electrons. The summed E-state index contributed by atoms with van der Waals surface area (Å²) in [5.74, 6) is -0.203. The van der Waals surface area contributed by atoms with Gasteiger partial charge in [0.2, 0.25) is 0 Å². The number of benzene rings is 3. The number of thioether (sulfide) groups is 1. The van der Waals surface area contributed by atoms with Crippen LogP contribution in [0.3, 0.4) is 0 Å². The van der Waals surface area contributed by atoms with E-state index >= 15 is 0 Å². The number of para-hydroxylation sites is 2. The molecule has 1 fully saturated rings. The first kappa shape index (κ1) is 24.3. The summed E-state index contributed by atoms with van der Waals surface area (Å²) >= 11 is 19.1. The van der Waals surface area contributed by atoms with Crippen molar-refractivity contribution in [3.05, 3.63) is 92.8 Å². The van der Waals surface area contributed by atoms with Crippen molar-refractivity contribution in [1.82, 2.24) is 0 Å². The quantitative estimate of drug-likeness (QED) is 0.284. The van der Waals surface area contributed by atoms with Crippen LogP contribution in [0.2, 0.25) is 10.0 Å². The molecule has 0 aromatic heterocycles. The normalized spacial score (nSPS) is 14.6. The first-order valence-corrected chi connectivity index (χ1v) is 12.1. The Bertz CT molecular complexity index is 1330. The van der Waals surface area contributed by atoms with Crippen LogP contribution in [-0.4, -0.2) is 22.7 Å². The van der Waals surface area contributed by atoms with Gasteiger partial charge in [-0.25, -0.2) is 0 Å². The standard InChI is InChI=1S/C25H18Cl2N2O3S2/c1-15-6-2-5-9-20(15)29-24(31)22(34-25(29)33)13-16-10-11-21(18(27)12-16)32-14-23(30)28-19-8-4-3-7-17(19)26/h2-13H,14H2,1H3,(H,28,30)/b22-13-. The van der Waals surface area contributed by atoms with Gasteiger partial charge >= 0.3 is 0 Å². The number of halogens is 2. The van der Waals surface area contributed by atoms with Gasteiger partial charge in [-0.2, -0.15) is 0 Å². The number of carbonyl (C=O) groups excluding carboxylic acids is 2. The molecule has 34 heavy (non-hydrogen) atoms. The van der Waals surface area contributed by atoms with E-state index in [0.717, 1.165) is 11.3 Å². The van der Waals surface area contributed by atoms with Crippen LogP contribution in [0.4, 0.5) is 11.4 Å². The average Bonchev–Trinajstić information content (AvgIpc) is 3.08. The van der Waals surface area contributed by atoms with E-state index in [4.69, 9.17) is 40.2 Å². The van der Waals surface area contributed by atoms with E-state index in [-0.39, 0.29) is 18.4 Å². The maximum atomic E-state index is 13.0. The number of aryl methyl sites for hydroxylation is 1. The second-order valence-electron chi connectivity index (χ2n) is 7.31. The number of nitrogens with zero attached hydrogens (tertiary/aromatic N) is 1. The van der Waals surface area contributed by atoms with Crippen molar-refractivity contribution in [2.75, 3.05) is 16.8 Å². The molecule has 1 N–H and O–H groups in total. The average molecular weight is 529 g/mol. The predicted molar refractivity (Wildman–Crippen MR) is 144 cm³/mol. The van der Waals surface area contributed by atoms with Crippen molar-refractivity contribution in [1.29, 1.82) is 0 Å². The van der Waals surface area contributed by atoms with Gasteiger partial charge in [-0.1, -0.05) is 83.6 Å². The lowest BCUT2D eigenvalue weighted by Gasteiger charge is -2.16. The molecule has 0 bridgehead atoms. The molecule has 0 spiro atoms. The summed E-state index contributed by atoms with van der Waals surface area (Å²) in [6, 6.07) is 19.6. The number of thiocarbonyl (C=S) groups is 1. The Morgan fingerprint density at radius 2 is 1.82 bits per heavy atom. The largest absolute Gasteiger partial charge is 0.482 e. The minimum Gasteiger partial charge on any atom is -0.482 e. The summed E-state index contributed by atoms with van der Waals surface area (Å²) in [5, 5.41) is 3.43. The molecule has 0 aliphatic carbocycles. The molecule has 1 aliphatic rings. The van der Waals surface area contributed by atoms with E-state index in [2.05, 4.69) is 5.32 Å². The molecule has 5 nitrogen and oxygen atoms in total. The van der Waals surface area contributed by atoms with Crippen molar-refractivity contribution in [2.24, 2.45) is 0 Å². The molecular formula is C25H18Cl2N2O3S2. The van der Waals surface area contributed by atoms with Crippen LogP contribution >= 0.6 is 47.2 Å². The van der Waals surface area contributed by atoms with E-state index in [1.807, 2.05) is 31.2 Å². The van der Waals surface area contributed by atoms with Gasteiger partial charge in [-0.05, 0) is 54.5 Å². The van der Waals surface area contributed by atoms with E-state index in [9.17, 15) is 9.59 Å². The van der Waals surface area contributed by atoms with Crippen LogP contribution in [0.1, 0.15) is 11.1 Å². The van der Waals surface area contributed by atoms with Crippen LogP contribution < -0.4 is 15.0 Å². The van der Waals surface area contributed by atoms with Gasteiger partial charge in [0.25, 0.3) is 11.8 Å². The molecule has 2 amide bonds. The number of hydrogen-bond acceptors (Lipinski definition) is 5. The zero-order valence-corrected chi connectivity index (χ0v) is 21.0. The fourth-order valence-electron chi connectivity index (χ4n) is 3.26. The molecule has 1 aliphatic heterocycles. The third-order valence-electron chi connectivity index (χ3n) is 4.91. The topological polar surface area (TPSA) is 58.6 Å². The lowest BCUT2D eigenvalue weighted by Crippen LogP contribution is -2.28. The van der Waals surface area contributed by atoms with Gasteiger partial charge in [0.15, 0.2) is 10.9 Å². The molecule has 0 saturated carbocycles. The van der Waals surface area contributed by atoms with Crippen molar-refractivity contribution >= 4 is 80.8 Å². The molecule has 3 aromatic carbocycles. The van der Waals surface area contributed by atoms with Crippen LogP contribution in [0.15, 0.2) is 71.6 Å². The lowest BCUT2D eigenvalue weighted by atomic mass is 10.1. The summed E-state index contributed by atoms with van der Waals surface area (Å²) in [4.78, 5) is 27.2. The number of amides is 2. The molecule has 1 saturated heterocycles. The maximum Gasteiger partial charge on any atom is 0.270 e. The van der Waals surface area contributed by atoms with Crippen molar-refractivity contribution < 1.29 is 14.3 Å².